The van der Waals surface area contributed by atoms with Gasteiger partial charge in [-0.1, -0.05) is 17.7 Å². The highest BCUT2D eigenvalue weighted by Gasteiger charge is 2.23. The molecule has 3 aromatic rings. The topological polar surface area (TPSA) is 71.3 Å². The monoisotopic (exact) mass is 388 g/mol. The van der Waals surface area contributed by atoms with Gasteiger partial charge < -0.3 is 10.4 Å². The Morgan fingerprint density at radius 2 is 2.00 bits per heavy atom. The van der Waals surface area contributed by atoms with Crippen LogP contribution in [0.1, 0.15) is 28.5 Å². The van der Waals surface area contributed by atoms with Crippen LogP contribution in [-0.4, -0.2) is 28.0 Å². The molecule has 2 aromatic carbocycles. The van der Waals surface area contributed by atoms with Gasteiger partial charge >= 0.3 is 0 Å². The Morgan fingerprint density at radius 1 is 1.26 bits per heavy atom. The molecule has 0 spiro atoms. The normalized spacial score (nSPS) is 11.0. The number of nitrogens with one attached hydrogen (secondary N) is 1. The number of halogens is 2. The number of fused-ring (bicyclic) bond motifs is 1. The molecular formula is C20H18ClFN2O3. The van der Waals surface area contributed by atoms with E-state index in [0.29, 0.717) is 33.8 Å². The standard InChI is InChI=1S/C20H18ClFN2O3/c1-3-23-19(26)9-14-11(2)24(17-10-16(22)18(25)8-15(14)17)20(27)12-5-4-6-13(21)7-12/h4-8,10,25H,3,9H2,1-2H3,(H,23,26). The minimum absolute atomic E-state index is 0.0110. The molecule has 5 nitrogen and oxygen atoms in total. The molecule has 1 amide bonds. The van der Waals surface area contributed by atoms with Gasteiger partial charge in [0.1, 0.15) is 0 Å². The second kappa shape index (κ2) is 7.40. The number of nitrogens with zero attached hydrogens (tertiary/aromatic N) is 1. The zero-order valence-corrected chi connectivity index (χ0v) is 15.6. The highest BCUT2D eigenvalue weighted by atomic mass is 35.5. The Hall–Kier alpha value is -2.86. The molecule has 3 rings (SSSR count). The first-order valence-electron chi connectivity index (χ1n) is 8.42. The lowest BCUT2D eigenvalue weighted by molar-refractivity contribution is -0.120. The lowest BCUT2D eigenvalue weighted by Crippen LogP contribution is -2.24. The van der Waals surface area contributed by atoms with Crippen molar-refractivity contribution in [3.05, 3.63) is 64.1 Å². The number of phenolic OH excluding ortho intramolecular Hbond substituents is 1. The fourth-order valence-corrected chi connectivity index (χ4v) is 3.33. The number of amides is 1. The Labute approximate surface area is 160 Å². The van der Waals surface area contributed by atoms with Crippen molar-refractivity contribution in [1.29, 1.82) is 0 Å². The summed E-state index contributed by atoms with van der Waals surface area (Å²) in [5.74, 6) is -2.00. The quantitative estimate of drug-likeness (QED) is 0.713. The summed E-state index contributed by atoms with van der Waals surface area (Å²) in [7, 11) is 0. The summed E-state index contributed by atoms with van der Waals surface area (Å²) in [6, 6.07) is 8.78. The van der Waals surface area contributed by atoms with Crippen molar-refractivity contribution in [2.24, 2.45) is 0 Å². The Morgan fingerprint density at radius 3 is 2.67 bits per heavy atom. The molecule has 0 bridgehead atoms. The molecule has 0 aliphatic heterocycles. The zero-order valence-electron chi connectivity index (χ0n) is 14.8. The first kappa shape index (κ1) is 18.9. The van der Waals surface area contributed by atoms with Crippen LogP contribution in [0.15, 0.2) is 36.4 Å². The van der Waals surface area contributed by atoms with E-state index in [1.54, 1.807) is 32.0 Å². The van der Waals surface area contributed by atoms with Gasteiger partial charge in [-0.05, 0) is 43.7 Å². The minimum Gasteiger partial charge on any atom is -0.505 e. The summed E-state index contributed by atoms with van der Waals surface area (Å²) < 4.78 is 15.4. The van der Waals surface area contributed by atoms with E-state index >= 15 is 0 Å². The lowest BCUT2D eigenvalue weighted by Gasteiger charge is -2.08. The van der Waals surface area contributed by atoms with Crippen molar-refractivity contribution in [3.63, 3.8) is 0 Å². The third kappa shape index (κ3) is 3.53. The maximum absolute atomic E-state index is 14.0. The Bertz CT molecular complexity index is 1060. The van der Waals surface area contributed by atoms with E-state index in [2.05, 4.69) is 5.32 Å². The summed E-state index contributed by atoms with van der Waals surface area (Å²) >= 11 is 5.98. The van der Waals surface area contributed by atoms with Crippen LogP contribution in [0.3, 0.4) is 0 Å². The van der Waals surface area contributed by atoms with Crippen LogP contribution in [0.4, 0.5) is 4.39 Å². The van der Waals surface area contributed by atoms with E-state index in [9.17, 15) is 19.1 Å². The third-order valence-corrected chi connectivity index (χ3v) is 4.62. The number of aromatic hydroxyl groups is 1. The first-order valence-corrected chi connectivity index (χ1v) is 8.80. The minimum atomic E-state index is -0.843. The van der Waals surface area contributed by atoms with E-state index in [-0.39, 0.29) is 17.8 Å². The van der Waals surface area contributed by atoms with Gasteiger partial charge in [0.25, 0.3) is 5.91 Å². The number of benzene rings is 2. The largest absolute Gasteiger partial charge is 0.505 e. The second-order valence-electron chi connectivity index (χ2n) is 6.17. The van der Waals surface area contributed by atoms with Gasteiger partial charge in [0.15, 0.2) is 11.6 Å². The highest BCUT2D eigenvalue weighted by Crippen LogP contribution is 2.32. The predicted molar refractivity (Wildman–Crippen MR) is 102 cm³/mol. The van der Waals surface area contributed by atoms with Crippen LogP contribution in [0.2, 0.25) is 5.02 Å². The fourth-order valence-electron chi connectivity index (χ4n) is 3.14. The van der Waals surface area contributed by atoms with Crippen LogP contribution >= 0.6 is 11.6 Å². The predicted octanol–water partition coefficient (Wildman–Crippen LogP) is 3.81. The number of carbonyl (C=O) groups is 2. The fraction of sp³-hybridized carbons (Fsp3) is 0.200. The maximum Gasteiger partial charge on any atom is 0.262 e. The van der Waals surface area contributed by atoms with Gasteiger partial charge in [-0.25, -0.2) is 4.39 Å². The Balaban J connectivity index is 2.23. The molecule has 1 heterocycles. The molecular weight excluding hydrogens is 371 g/mol. The number of hydrogen-bond acceptors (Lipinski definition) is 3. The van der Waals surface area contributed by atoms with Crippen LogP contribution in [0.5, 0.6) is 5.75 Å². The van der Waals surface area contributed by atoms with E-state index in [4.69, 9.17) is 11.6 Å². The number of likely N-dealkylation sites (N-methyl/N-ethyl adjacent to an activating group) is 1. The summed E-state index contributed by atoms with van der Waals surface area (Å²) in [5.41, 5.74) is 1.68. The molecule has 0 atom stereocenters. The average molecular weight is 389 g/mol. The number of rotatable bonds is 4. The van der Waals surface area contributed by atoms with Gasteiger partial charge in [0, 0.05) is 34.3 Å². The smallest absolute Gasteiger partial charge is 0.262 e. The van der Waals surface area contributed by atoms with Gasteiger partial charge in [0.2, 0.25) is 5.91 Å². The van der Waals surface area contributed by atoms with Crippen molar-refractivity contribution >= 4 is 34.3 Å². The molecule has 1 aromatic heterocycles. The van der Waals surface area contributed by atoms with Crippen LogP contribution < -0.4 is 5.32 Å². The van der Waals surface area contributed by atoms with Gasteiger partial charge in [-0.3, -0.25) is 14.2 Å². The van der Waals surface area contributed by atoms with Gasteiger partial charge in [0.05, 0.1) is 11.9 Å². The van der Waals surface area contributed by atoms with Crippen LogP contribution in [-0.2, 0) is 11.2 Å². The summed E-state index contributed by atoms with van der Waals surface area (Å²) in [4.78, 5) is 25.2. The zero-order chi connectivity index (χ0) is 19.7. The highest BCUT2D eigenvalue weighted by molar-refractivity contribution is 6.31. The number of aromatic nitrogens is 1. The second-order valence-corrected chi connectivity index (χ2v) is 6.60. The van der Waals surface area contributed by atoms with Crippen molar-refractivity contribution < 1.29 is 19.1 Å². The van der Waals surface area contributed by atoms with E-state index in [1.165, 1.54) is 16.7 Å². The molecule has 0 aliphatic rings. The van der Waals surface area contributed by atoms with Gasteiger partial charge in [-0.2, -0.15) is 0 Å². The molecule has 140 valence electrons. The maximum atomic E-state index is 14.0. The number of hydrogen-bond donors (Lipinski definition) is 2. The average Bonchev–Trinajstić information content (AvgIpc) is 2.86. The van der Waals surface area contributed by atoms with Crippen molar-refractivity contribution in [1.82, 2.24) is 9.88 Å². The lowest BCUT2D eigenvalue weighted by atomic mass is 10.1. The first-order chi connectivity index (χ1) is 12.8. The molecule has 0 saturated heterocycles. The van der Waals surface area contributed by atoms with E-state index in [0.717, 1.165) is 6.07 Å². The summed E-state index contributed by atoms with van der Waals surface area (Å²) in [6.07, 6.45) is 0.0110. The molecule has 7 heteroatoms. The molecule has 0 unspecified atom stereocenters. The van der Waals surface area contributed by atoms with E-state index < -0.39 is 17.5 Å². The molecule has 0 saturated carbocycles. The molecule has 0 aliphatic carbocycles. The van der Waals surface area contributed by atoms with E-state index in [1.807, 2.05) is 0 Å². The van der Waals surface area contributed by atoms with Crippen molar-refractivity contribution in [2.45, 2.75) is 20.3 Å². The SMILES string of the molecule is CCNC(=O)Cc1c(C)n(C(=O)c2cccc(Cl)c2)c2cc(F)c(O)cc12. The number of phenols is 1. The van der Waals surface area contributed by atoms with Gasteiger partial charge in [-0.15, -0.1) is 0 Å². The Kier molecular flexibility index (Phi) is 5.19. The van der Waals surface area contributed by atoms with Crippen LogP contribution in [0.25, 0.3) is 10.9 Å². The van der Waals surface area contributed by atoms with Crippen molar-refractivity contribution in [3.8, 4) is 5.75 Å². The molecule has 0 fully saturated rings. The molecule has 27 heavy (non-hydrogen) atoms. The summed E-state index contributed by atoms with van der Waals surface area (Å²) in [5, 5.41) is 13.3. The molecule has 0 radical (unpaired) electrons. The van der Waals surface area contributed by atoms with Crippen molar-refractivity contribution in [2.75, 3.05) is 6.54 Å². The number of carbonyl (C=O) groups excluding carboxylic acids is 2. The molecule has 2 N–H and O–H groups in total. The third-order valence-electron chi connectivity index (χ3n) is 4.39. The summed E-state index contributed by atoms with van der Waals surface area (Å²) in [6.45, 7) is 3.96. The van der Waals surface area contributed by atoms with Crippen LogP contribution in [0, 0.1) is 12.7 Å².